The first-order chi connectivity index (χ1) is 14.2. The third kappa shape index (κ3) is 6.95. The number of rotatable bonds is 10. The molecule has 29 heavy (non-hydrogen) atoms. The van der Waals surface area contributed by atoms with E-state index in [1.165, 1.54) is 30.4 Å². The minimum Gasteiger partial charge on any atom is -0.482 e. The van der Waals surface area contributed by atoms with Gasteiger partial charge in [-0.05, 0) is 67.4 Å². The highest BCUT2D eigenvalue weighted by molar-refractivity contribution is 5.68. The van der Waals surface area contributed by atoms with E-state index < -0.39 is 5.97 Å². The Morgan fingerprint density at radius 2 is 1.79 bits per heavy atom. The van der Waals surface area contributed by atoms with Gasteiger partial charge in [0.1, 0.15) is 5.75 Å². The Morgan fingerprint density at radius 3 is 2.55 bits per heavy atom. The minimum atomic E-state index is -0.976. The zero-order valence-corrected chi connectivity index (χ0v) is 16.7. The highest BCUT2D eigenvalue weighted by Crippen LogP contribution is 2.29. The van der Waals surface area contributed by atoms with Crippen LogP contribution in [0.4, 0.5) is 0 Å². The van der Waals surface area contributed by atoms with E-state index in [0.717, 1.165) is 36.9 Å². The van der Waals surface area contributed by atoms with Crippen molar-refractivity contribution in [3.63, 3.8) is 0 Å². The SMILES string of the molecule is O=C(O)COc1cccc(CCCONC(=C2CCCCC2)c2ccccc2)c1. The van der Waals surface area contributed by atoms with Crippen LogP contribution >= 0.6 is 0 Å². The van der Waals surface area contributed by atoms with Gasteiger partial charge in [-0.1, -0.05) is 48.9 Å². The van der Waals surface area contributed by atoms with E-state index in [2.05, 4.69) is 29.7 Å². The van der Waals surface area contributed by atoms with Crippen molar-refractivity contribution >= 4 is 11.7 Å². The van der Waals surface area contributed by atoms with Gasteiger partial charge in [0, 0.05) is 0 Å². The molecule has 3 rings (SSSR count). The van der Waals surface area contributed by atoms with E-state index in [9.17, 15) is 4.79 Å². The number of ether oxygens (including phenoxy) is 1. The number of carboxylic acid groups (broad SMARTS) is 1. The molecule has 5 nitrogen and oxygen atoms in total. The molecule has 0 bridgehead atoms. The Morgan fingerprint density at radius 1 is 1.00 bits per heavy atom. The summed E-state index contributed by atoms with van der Waals surface area (Å²) in [5.74, 6) is -0.395. The smallest absolute Gasteiger partial charge is 0.341 e. The number of benzene rings is 2. The first-order valence-electron chi connectivity index (χ1n) is 10.3. The molecule has 1 aliphatic carbocycles. The lowest BCUT2D eigenvalue weighted by molar-refractivity contribution is -0.139. The molecule has 5 heteroatoms. The molecule has 1 aliphatic rings. The van der Waals surface area contributed by atoms with Crippen molar-refractivity contribution in [2.45, 2.75) is 44.9 Å². The van der Waals surface area contributed by atoms with Crippen LogP contribution in [0.5, 0.6) is 5.75 Å². The van der Waals surface area contributed by atoms with Gasteiger partial charge in [-0.25, -0.2) is 4.79 Å². The summed E-state index contributed by atoms with van der Waals surface area (Å²) in [6.45, 7) is 0.261. The van der Waals surface area contributed by atoms with Crippen molar-refractivity contribution in [1.82, 2.24) is 5.48 Å². The molecule has 1 saturated carbocycles. The topological polar surface area (TPSA) is 67.8 Å². The average Bonchev–Trinajstić information content (AvgIpc) is 2.76. The number of hydrogen-bond donors (Lipinski definition) is 2. The highest BCUT2D eigenvalue weighted by atomic mass is 16.6. The Labute approximate surface area is 172 Å². The summed E-state index contributed by atoms with van der Waals surface area (Å²) in [4.78, 5) is 16.4. The fraction of sp³-hybridized carbons (Fsp3) is 0.375. The van der Waals surface area contributed by atoms with Crippen molar-refractivity contribution < 1.29 is 19.5 Å². The van der Waals surface area contributed by atoms with Gasteiger partial charge >= 0.3 is 5.97 Å². The molecule has 0 radical (unpaired) electrons. The zero-order chi connectivity index (χ0) is 20.3. The molecule has 154 valence electrons. The summed E-state index contributed by atoms with van der Waals surface area (Å²) in [6.07, 6.45) is 7.74. The summed E-state index contributed by atoms with van der Waals surface area (Å²) in [5.41, 5.74) is 8.07. The van der Waals surface area contributed by atoms with Gasteiger partial charge in [-0.3, -0.25) is 10.3 Å². The third-order valence-corrected chi connectivity index (χ3v) is 5.02. The molecular formula is C24H29NO4. The standard InChI is InChI=1S/C24H29NO4/c26-23(27)18-28-22-15-7-9-19(17-22)10-8-16-29-25-24(20-11-3-1-4-12-20)21-13-5-2-6-14-21/h1,3-4,7,9,11-12,15,17,25H,2,5-6,8,10,13-14,16,18H2,(H,26,27). The van der Waals surface area contributed by atoms with Crippen LogP contribution in [0.15, 0.2) is 60.2 Å². The monoisotopic (exact) mass is 395 g/mol. The summed E-state index contributed by atoms with van der Waals surface area (Å²) in [6, 6.07) is 17.9. The van der Waals surface area contributed by atoms with Crippen molar-refractivity contribution in [3.8, 4) is 5.75 Å². The van der Waals surface area contributed by atoms with Crippen LogP contribution in [-0.2, 0) is 16.1 Å². The fourth-order valence-electron chi connectivity index (χ4n) is 3.58. The molecule has 0 aliphatic heterocycles. The molecule has 2 aromatic carbocycles. The number of nitrogens with one attached hydrogen (secondary N) is 1. The predicted molar refractivity (Wildman–Crippen MR) is 113 cm³/mol. The zero-order valence-electron chi connectivity index (χ0n) is 16.7. The van der Waals surface area contributed by atoms with Crippen LogP contribution in [0.25, 0.3) is 5.70 Å². The van der Waals surface area contributed by atoms with Gasteiger partial charge < -0.3 is 9.84 Å². The van der Waals surface area contributed by atoms with E-state index in [1.54, 1.807) is 6.07 Å². The maximum absolute atomic E-state index is 10.6. The molecule has 0 aromatic heterocycles. The Kier molecular flexibility index (Phi) is 8.13. The fourth-order valence-corrected chi connectivity index (χ4v) is 3.58. The number of aryl methyl sites for hydroxylation is 1. The maximum Gasteiger partial charge on any atom is 0.341 e. The molecule has 2 aromatic rings. The van der Waals surface area contributed by atoms with E-state index in [-0.39, 0.29) is 6.61 Å². The van der Waals surface area contributed by atoms with Gasteiger partial charge in [-0.2, -0.15) is 0 Å². The Bertz CT molecular complexity index is 809. The summed E-state index contributed by atoms with van der Waals surface area (Å²) < 4.78 is 5.23. The van der Waals surface area contributed by atoms with E-state index >= 15 is 0 Å². The van der Waals surface area contributed by atoms with Gasteiger partial charge in [0.2, 0.25) is 0 Å². The number of hydrogen-bond acceptors (Lipinski definition) is 4. The lowest BCUT2D eigenvalue weighted by Gasteiger charge is -2.20. The van der Waals surface area contributed by atoms with Gasteiger partial charge in [-0.15, -0.1) is 0 Å². The van der Waals surface area contributed by atoms with Crippen molar-refractivity contribution in [2.24, 2.45) is 0 Å². The number of allylic oxidation sites excluding steroid dienone is 1. The van der Waals surface area contributed by atoms with E-state index in [0.29, 0.717) is 12.4 Å². The number of carboxylic acids is 1. The van der Waals surface area contributed by atoms with Gasteiger partial charge in [0.05, 0.1) is 12.3 Å². The first-order valence-corrected chi connectivity index (χ1v) is 10.3. The number of carbonyl (C=O) groups is 1. The van der Waals surface area contributed by atoms with Gasteiger partial charge in [0.25, 0.3) is 0 Å². The molecule has 0 amide bonds. The molecular weight excluding hydrogens is 366 g/mol. The summed E-state index contributed by atoms with van der Waals surface area (Å²) >= 11 is 0. The molecule has 0 unspecified atom stereocenters. The normalized spacial score (nSPS) is 13.7. The number of aliphatic carboxylic acids is 1. The molecule has 0 heterocycles. The summed E-state index contributed by atoms with van der Waals surface area (Å²) in [5, 5.41) is 8.71. The van der Waals surface area contributed by atoms with Crippen LogP contribution in [0.2, 0.25) is 0 Å². The predicted octanol–water partition coefficient (Wildman–Crippen LogP) is 4.98. The van der Waals surface area contributed by atoms with Crippen molar-refractivity contribution in [1.29, 1.82) is 0 Å². The second-order valence-corrected chi connectivity index (χ2v) is 7.29. The second-order valence-electron chi connectivity index (χ2n) is 7.29. The van der Waals surface area contributed by atoms with Crippen LogP contribution in [0, 0.1) is 0 Å². The van der Waals surface area contributed by atoms with E-state index in [4.69, 9.17) is 14.7 Å². The van der Waals surface area contributed by atoms with Gasteiger partial charge in [0.15, 0.2) is 6.61 Å². The molecule has 0 spiro atoms. The lowest BCUT2D eigenvalue weighted by Crippen LogP contribution is -2.17. The van der Waals surface area contributed by atoms with Crippen molar-refractivity contribution in [3.05, 3.63) is 71.3 Å². The molecule has 2 N–H and O–H groups in total. The van der Waals surface area contributed by atoms with Crippen LogP contribution in [0.1, 0.15) is 49.7 Å². The van der Waals surface area contributed by atoms with Crippen LogP contribution in [0.3, 0.4) is 0 Å². The van der Waals surface area contributed by atoms with Crippen molar-refractivity contribution in [2.75, 3.05) is 13.2 Å². The second kappa shape index (κ2) is 11.3. The number of hydroxylamine groups is 1. The average molecular weight is 395 g/mol. The Hall–Kier alpha value is -2.79. The van der Waals surface area contributed by atoms with E-state index in [1.807, 2.05) is 24.3 Å². The minimum absolute atomic E-state index is 0.326. The quantitative estimate of drug-likeness (QED) is 0.439. The molecule has 0 atom stereocenters. The summed E-state index contributed by atoms with van der Waals surface area (Å²) in [7, 11) is 0. The molecule has 1 fully saturated rings. The third-order valence-electron chi connectivity index (χ3n) is 5.02. The lowest BCUT2D eigenvalue weighted by atomic mass is 9.91. The van der Waals surface area contributed by atoms with Crippen LogP contribution < -0.4 is 10.2 Å². The highest BCUT2D eigenvalue weighted by Gasteiger charge is 2.13. The maximum atomic E-state index is 10.6. The Balaban J connectivity index is 1.49. The van der Waals surface area contributed by atoms with Crippen LogP contribution in [-0.4, -0.2) is 24.3 Å². The largest absolute Gasteiger partial charge is 0.482 e. The molecule has 0 saturated heterocycles. The first kappa shape index (κ1) is 20.9.